The molecule has 0 radical (unpaired) electrons. The van der Waals surface area contributed by atoms with E-state index < -0.39 is 0 Å². The van der Waals surface area contributed by atoms with Crippen LogP contribution in [0.4, 0.5) is 4.39 Å². The van der Waals surface area contributed by atoms with Crippen molar-refractivity contribution in [2.45, 2.75) is 6.42 Å². The van der Waals surface area contributed by atoms with Gasteiger partial charge in [0.1, 0.15) is 11.5 Å². The zero-order valence-corrected chi connectivity index (χ0v) is 15.7. The molecule has 0 atom stereocenters. The number of H-pyrrole nitrogens is 1. The Labute approximate surface area is 162 Å². The van der Waals surface area contributed by atoms with Crippen molar-refractivity contribution in [2.75, 3.05) is 32.7 Å². The van der Waals surface area contributed by atoms with E-state index in [1.165, 1.54) is 17.7 Å². The summed E-state index contributed by atoms with van der Waals surface area (Å²) in [7, 11) is 0. The maximum absolute atomic E-state index is 13.4. The average molecular weight is 386 g/mol. The van der Waals surface area contributed by atoms with E-state index in [9.17, 15) is 9.18 Å². The summed E-state index contributed by atoms with van der Waals surface area (Å²) >= 11 is 6.33. The van der Waals surface area contributed by atoms with Crippen molar-refractivity contribution >= 4 is 28.4 Å². The molecule has 0 bridgehead atoms. The van der Waals surface area contributed by atoms with Gasteiger partial charge in [0.15, 0.2) is 0 Å². The van der Waals surface area contributed by atoms with Crippen LogP contribution in [0.15, 0.2) is 48.5 Å². The van der Waals surface area contributed by atoms with Gasteiger partial charge in [-0.2, -0.15) is 0 Å². The predicted octanol–water partition coefficient (Wildman–Crippen LogP) is 3.96. The van der Waals surface area contributed by atoms with Crippen LogP contribution >= 0.6 is 11.6 Å². The van der Waals surface area contributed by atoms with E-state index in [0.29, 0.717) is 34.7 Å². The van der Waals surface area contributed by atoms with Crippen LogP contribution < -0.4 is 0 Å². The van der Waals surface area contributed by atoms with Gasteiger partial charge >= 0.3 is 0 Å². The van der Waals surface area contributed by atoms with Gasteiger partial charge < -0.3 is 9.88 Å². The number of fused-ring (bicyclic) bond motifs is 1. The molecule has 27 heavy (non-hydrogen) atoms. The van der Waals surface area contributed by atoms with E-state index in [1.54, 1.807) is 6.07 Å². The van der Waals surface area contributed by atoms with Gasteiger partial charge in [0.2, 0.25) is 0 Å². The highest BCUT2D eigenvalue weighted by Gasteiger charge is 2.25. The summed E-state index contributed by atoms with van der Waals surface area (Å²) in [5.74, 6) is -0.492. The SMILES string of the molecule is O=C(c1[nH]c2ccc(F)cc2c1Cl)N1CCN(CCc2ccccc2)CC1. The Bertz CT molecular complexity index is 949. The molecule has 0 saturated carbocycles. The van der Waals surface area contributed by atoms with Crippen LogP contribution in [0.2, 0.25) is 5.02 Å². The van der Waals surface area contributed by atoms with Crippen molar-refractivity contribution in [3.63, 3.8) is 0 Å². The molecule has 1 aliphatic rings. The second kappa shape index (κ2) is 7.71. The first-order valence-corrected chi connectivity index (χ1v) is 9.52. The van der Waals surface area contributed by atoms with Crippen molar-refractivity contribution in [2.24, 2.45) is 0 Å². The minimum atomic E-state index is -0.366. The number of carbonyl (C=O) groups excluding carboxylic acids is 1. The molecule has 4 nitrogen and oxygen atoms in total. The van der Waals surface area contributed by atoms with Gasteiger partial charge in [0, 0.05) is 43.6 Å². The molecule has 1 aliphatic heterocycles. The molecule has 6 heteroatoms. The summed E-state index contributed by atoms with van der Waals surface area (Å²) in [5, 5.41) is 0.836. The Morgan fingerprint density at radius 1 is 1.07 bits per heavy atom. The third kappa shape index (κ3) is 3.84. The normalized spacial score (nSPS) is 15.4. The van der Waals surface area contributed by atoms with Crippen molar-refractivity contribution in [3.8, 4) is 0 Å². The van der Waals surface area contributed by atoms with Crippen LogP contribution in [-0.4, -0.2) is 53.4 Å². The quantitative estimate of drug-likeness (QED) is 0.738. The number of aromatic nitrogens is 1. The third-order valence-electron chi connectivity index (χ3n) is 5.13. The van der Waals surface area contributed by atoms with E-state index in [4.69, 9.17) is 11.6 Å². The molecule has 2 aromatic carbocycles. The summed E-state index contributed by atoms with van der Waals surface area (Å²) in [6, 6.07) is 14.7. The molecule has 0 spiro atoms. The molecule has 1 N–H and O–H groups in total. The van der Waals surface area contributed by atoms with E-state index in [1.807, 2.05) is 11.0 Å². The van der Waals surface area contributed by atoms with Crippen LogP contribution in [0.3, 0.4) is 0 Å². The molecular formula is C21H21ClFN3O. The van der Waals surface area contributed by atoms with Crippen LogP contribution in [-0.2, 0) is 6.42 Å². The number of nitrogens with one attached hydrogen (secondary N) is 1. The summed E-state index contributed by atoms with van der Waals surface area (Å²) in [6.07, 6.45) is 1.01. The highest BCUT2D eigenvalue weighted by atomic mass is 35.5. The van der Waals surface area contributed by atoms with Crippen LogP contribution in [0.5, 0.6) is 0 Å². The summed E-state index contributed by atoms with van der Waals surface area (Å²) in [5.41, 5.74) is 2.34. The first kappa shape index (κ1) is 18.0. The summed E-state index contributed by atoms with van der Waals surface area (Å²) in [4.78, 5) is 20.1. The van der Waals surface area contributed by atoms with Gasteiger partial charge in [-0.05, 0) is 30.2 Å². The number of halogens is 2. The largest absolute Gasteiger partial charge is 0.349 e. The van der Waals surface area contributed by atoms with Gasteiger partial charge in [0.25, 0.3) is 5.91 Å². The lowest BCUT2D eigenvalue weighted by atomic mass is 10.1. The topological polar surface area (TPSA) is 39.3 Å². The molecule has 2 heterocycles. The Hall–Kier alpha value is -2.37. The fraction of sp³-hybridized carbons (Fsp3) is 0.286. The first-order valence-electron chi connectivity index (χ1n) is 9.14. The van der Waals surface area contributed by atoms with Crippen molar-refractivity contribution in [1.82, 2.24) is 14.8 Å². The molecule has 0 unspecified atom stereocenters. The number of rotatable bonds is 4. The van der Waals surface area contributed by atoms with E-state index >= 15 is 0 Å². The number of piperazine rings is 1. The minimum absolute atomic E-state index is 0.126. The summed E-state index contributed by atoms with van der Waals surface area (Å²) in [6.45, 7) is 3.98. The second-order valence-corrected chi connectivity index (χ2v) is 7.25. The van der Waals surface area contributed by atoms with E-state index in [2.05, 4.69) is 34.1 Å². The Kier molecular flexibility index (Phi) is 5.14. The first-order chi connectivity index (χ1) is 13.1. The highest BCUT2D eigenvalue weighted by molar-refractivity contribution is 6.38. The third-order valence-corrected chi connectivity index (χ3v) is 5.52. The van der Waals surface area contributed by atoms with Gasteiger partial charge in [-0.15, -0.1) is 0 Å². The zero-order valence-electron chi connectivity index (χ0n) is 14.9. The van der Waals surface area contributed by atoms with Crippen LogP contribution in [0, 0.1) is 5.82 Å². The number of hydrogen-bond acceptors (Lipinski definition) is 2. The highest BCUT2D eigenvalue weighted by Crippen LogP contribution is 2.29. The number of hydrogen-bond donors (Lipinski definition) is 1. The smallest absolute Gasteiger partial charge is 0.271 e. The lowest BCUT2D eigenvalue weighted by molar-refractivity contribution is 0.0634. The predicted molar refractivity (Wildman–Crippen MR) is 106 cm³/mol. The zero-order chi connectivity index (χ0) is 18.8. The molecule has 1 saturated heterocycles. The summed E-state index contributed by atoms with van der Waals surface area (Å²) < 4.78 is 13.4. The van der Waals surface area contributed by atoms with Crippen molar-refractivity contribution < 1.29 is 9.18 Å². The number of amides is 1. The maximum atomic E-state index is 13.4. The van der Waals surface area contributed by atoms with Crippen molar-refractivity contribution in [3.05, 3.63) is 70.6 Å². The van der Waals surface area contributed by atoms with Crippen LogP contribution in [0.25, 0.3) is 10.9 Å². The minimum Gasteiger partial charge on any atom is -0.349 e. The standard InChI is InChI=1S/C21H21ClFN3O/c22-19-17-14-16(23)6-7-18(17)24-20(19)21(27)26-12-10-25(11-13-26)9-8-15-4-2-1-3-5-15/h1-7,14,24H,8-13H2. The van der Waals surface area contributed by atoms with Crippen LogP contribution in [0.1, 0.15) is 16.1 Å². The van der Waals surface area contributed by atoms with E-state index in [-0.39, 0.29) is 11.7 Å². The molecule has 3 aromatic rings. The second-order valence-electron chi connectivity index (χ2n) is 6.87. The van der Waals surface area contributed by atoms with Gasteiger partial charge in [0.05, 0.1) is 5.02 Å². The number of carbonyl (C=O) groups is 1. The maximum Gasteiger partial charge on any atom is 0.271 e. The Balaban J connectivity index is 1.38. The average Bonchev–Trinajstić information content (AvgIpc) is 3.03. The fourth-order valence-electron chi connectivity index (χ4n) is 3.54. The van der Waals surface area contributed by atoms with E-state index in [0.717, 1.165) is 26.1 Å². The molecule has 1 amide bonds. The van der Waals surface area contributed by atoms with Gasteiger partial charge in [-0.25, -0.2) is 4.39 Å². The number of aromatic amines is 1. The fourth-order valence-corrected chi connectivity index (χ4v) is 3.83. The Morgan fingerprint density at radius 2 is 1.81 bits per heavy atom. The lowest BCUT2D eigenvalue weighted by Crippen LogP contribution is -2.49. The van der Waals surface area contributed by atoms with Crippen molar-refractivity contribution in [1.29, 1.82) is 0 Å². The number of nitrogens with zero attached hydrogens (tertiary/aromatic N) is 2. The molecule has 1 aromatic heterocycles. The molecular weight excluding hydrogens is 365 g/mol. The molecule has 0 aliphatic carbocycles. The van der Waals surface area contributed by atoms with Gasteiger partial charge in [-0.1, -0.05) is 41.9 Å². The molecule has 4 rings (SSSR count). The number of benzene rings is 2. The lowest BCUT2D eigenvalue weighted by Gasteiger charge is -2.34. The van der Waals surface area contributed by atoms with Gasteiger partial charge in [-0.3, -0.25) is 9.69 Å². The Morgan fingerprint density at radius 3 is 2.56 bits per heavy atom. The molecule has 1 fully saturated rings. The monoisotopic (exact) mass is 385 g/mol. The molecule has 140 valence electrons.